The molecule has 2 unspecified atom stereocenters. The molecule has 0 spiro atoms. The minimum absolute atomic E-state index is 0. The second-order valence-corrected chi connectivity index (χ2v) is 4.46. The molecule has 0 aliphatic rings. The maximum absolute atomic E-state index is 12.0. The van der Waals surface area contributed by atoms with E-state index in [-0.39, 0.29) is 24.2 Å². The number of rotatable bonds is 6. The molecule has 0 saturated carbocycles. The third-order valence-corrected chi connectivity index (χ3v) is 2.95. The number of hydrogen-bond acceptors (Lipinski definition) is 2. The Labute approximate surface area is 116 Å². The fourth-order valence-corrected chi connectivity index (χ4v) is 1.74. The summed E-state index contributed by atoms with van der Waals surface area (Å²) in [4.78, 5) is 12.0. The number of hydrogen-bond donors (Lipinski definition) is 2. The maximum Gasteiger partial charge on any atom is 0.227 e. The van der Waals surface area contributed by atoms with Gasteiger partial charge < -0.3 is 11.1 Å². The summed E-state index contributed by atoms with van der Waals surface area (Å²) in [5.41, 5.74) is 6.60. The zero-order chi connectivity index (χ0) is 12.7. The van der Waals surface area contributed by atoms with Gasteiger partial charge in [0.05, 0.1) is 5.92 Å². The van der Waals surface area contributed by atoms with Crippen molar-refractivity contribution in [3.63, 3.8) is 0 Å². The van der Waals surface area contributed by atoms with Crippen molar-refractivity contribution in [3.8, 4) is 0 Å². The number of benzene rings is 1. The summed E-state index contributed by atoms with van der Waals surface area (Å²) in [7, 11) is 0. The average Bonchev–Trinajstić information content (AvgIpc) is 2.38. The minimum atomic E-state index is -0.0545. The molecule has 0 aromatic heterocycles. The number of carbonyl (C=O) groups is 1. The van der Waals surface area contributed by atoms with Gasteiger partial charge >= 0.3 is 0 Å². The van der Waals surface area contributed by atoms with Gasteiger partial charge in [-0.3, -0.25) is 4.79 Å². The van der Waals surface area contributed by atoms with Crippen molar-refractivity contribution in [1.82, 2.24) is 5.32 Å². The third-order valence-electron chi connectivity index (χ3n) is 2.95. The summed E-state index contributed by atoms with van der Waals surface area (Å²) in [6.07, 6.45) is 0.812. The summed E-state index contributed by atoms with van der Waals surface area (Å²) < 4.78 is 0. The van der Waals surface area contributed by atoms with Crippen molar-refractivity contribution >= 4 is 18.3 Å². The van der Waals surface area contributed by atoms with Crippen LogP contribution in [0.1, 0.15) is 31.7 Å². The van der Waals surface area contributed by atoms with Gasteiger partial charge in [-0.25, -0.2) is 0 Å². The molecule has 102 valence electrons. The molecule has 0 aliphatic heterocycles. The lowest BCUT2D eigenvalue weighted by Crippen LogP contribution is -2.34. The molecule has 18 heavy (non-hydrogen) atoms. The van der Waals surface area contributed by atoms with E-state index in [9.17, 15) is 4.79 Å². The van der Waals surface area contributed by atoms with Crippen molar-refractivity contribution in [2.75, 3.05) is 13.1 Å². The highest BCUT2D eigenvalue weighted by molar-refractivity contribution is 5.85. The van der Waals surface area contributed by atoms with E-state index in [1.165, 1.54) is 0 Å². The van der Waals surface area contributed by atoms with Crippen LogP contribution in [-0.2, 0) is 4.79 Å². The first-order valence-electron chi connectivity index (χ1n) is 6.21. The van der Waals surface area contributed by atoms with Crippen LogP contribution in [0, 0.1) is 5.92 Å². The van der Waals surface area contributed by atoms with Crippen LogP contribution < -0.4 is 11.1 Å². The first-order chi connectivity index (χ1) is 8.19. The van der Waals surface area contributed by atoms with Crippen LogP contribution in [0.25, 0.3) is 0 Å². The largest absolute Gasteiger partial charge is 0.355 e. The van der Waals surface area contributed by atoms with Crippen molar-refractivity contribution in [2.24, 2.45) is 11.7 Å². The molecule has 4 heteroatoms. The Morgan fingerprint density at radius 3 is 2.44 bits per heavy atom. The topological polar surface area (TPSA) is 55.1 Å². The smallest absolute Gasteiger partial charge is 0.227 e. The highest BCUT2D eigenvalue weighted by Gasteiger charge is 2.18. The molecule has 0 bridgehead atoms. The van der Waals surface area contributed by atoms with E-state index in [0.29, 0.717) is 19.0 Å². The van der Waals surface area contributed by atoms with Crippen LogP contribution in [0.2, 0.25) is 0 Å². The zero-order valence-corrected chi connectivity index (χ0v) is 11.9. The highest BCUT2D eigenvalue weighted by Crippen LogP contribution is 2.19. The quantitative estimate of drug-likeness (QED) is 0.834. The number of nitrogens with two attached hydrogens (primary N) is 1. The number of amides is 1. The standard InChI is InChI=1S/C14H22N2O.ClH/c1-3-13(12-7-5-4-6-8-12)14(17)16-10-11(2)9-15;/h4-8,11,13H,3,9-10,15H2,1-2H3,(H,16,17);1H. The van der Waals surface area contributed by atoms with Crippen molar-refractivity contribution in [1.29, 1.82) is 0 Å². The van der Waals surface area contributed by atoms with Crippen molar-refractivity contribution in [3.05, 3.63) is 35.9 Å². The van der Waals surface area contributed by atoms with Gasteiger partial charge in [0.15, 0.2) is 0 Å². The van der Waals surface area contributed by atoms with Gasteiger partial charge in [-0.15, -0.1) is 12.4 Å². The Kier molecular flexibility index (Phi) is 8.42. The van der Waals surface area contributed by atoms with E-state index >= 15 is 0 Å². The van der Waals surface area contributed by atoms with Crippen molar-refractivity contribution < 1.29 is 4.79 Å². The Hall–Kier alpha value is -1.06. The van der Waals surface area contributed by atoms with Gasteiger partial charge in [-0.05, 0) is 24.4 Å². The van der Waals surface area contributed by atoms with Gasteiger partial charge in [0.2, 0.25) is 5.91 Å². The Balaban J connectivity index is 0.00000289. The normalized spacial score (nSPS) is 13.3. The van der Waals surface area contributed by atoms with Gasteiger partial charge in [0.25, 0.3) is 0 Å². The molecular formula is C14H23ClN2O. The fraction of sp³-hybridized carbons (Fsp3) is 0.500. The van der Waals surface area contributed by atoms with Crippen LogP contribution in [0.4, 0.5) is 0 Å². The molecule has 1 amide bonds. The number of carbonyl (C=O) groups excluding carboxylic acids is 1. The third kappa shape index (κ3) is 5.07. The molecule has 0 saturated heterocycles. The summed E-state index contributed by atoms with van der Waals surface area (Å²) in [5.74, 6) is 0.368. The van der Waals surface area contributed by atoms with Crippen LogP contribution in [0.3, 0.4) is 0 Å². The molecule has 3 nitrogen and oxygen atoms in total. The number of nitrogens with one attached hydrogen (secondary N) is 1. The van der Waals surface area contributed by atoms with Crippen LogP contribution in [0.5, 0.6) is 0 Å². The lowest BCUT2D eigenvalue weighted by Gasteiger charge is -2.17. The molecule has 0 radical (unpaired) electrons. The predicted octanol–water partition coefficient (Wildman–Crippen LogP) is 2.31. The van der Waals surface area contributed by atoms with Gasteiger partial charge in [-0.2, -0.15) is 0 Å². The van der Waals surface area contributed by atoms with E-state index in [1.807, 2.05) is 44.2 Å². The lowest BCUT2D eigenvalue weighted by atomic mass is 9.95. The maximum atomic E-state index is 12.0. The molecule has 3 N–H and O–H groups in total. The molecule has 0 fully saturated rings. The van der Waals surface area contributed by atoms with Crippen LogP contribution in [0.15, 0.2) is 30.3 Å². The summed E-state index contributed by atoms with van der Waals surface area (Å²) >= 11 is 0. The average molecular weight is 271 g/mol. The van der Waals surface area contributed by atoms with E-state index < -0.39 is 0 Å². The highest BCUT2D eigenvalue weighted by atomic mass is 35.5. The molecule has 1 aromatic carbocycles. The Bertz CT molecular complexity index is 343. The van der Waals surface area contributed by atoms with E-state index in [4.69, 9.17) is 5.73 Å². The van der Waals surface area contributed by atoms with Crippen LogP contribution in [-0.4, -0.2) is 19.0 Å². The molecule has 0 heterocycles. The minimum Gasteiger partial charge on any atom is -0.355 e. The second-order valence-electron chi connectivity index (χ2n) is 4.46. The summed E-state index contributed by atoms with van der Waals surface area (Å²) in [6.45, 7) is 5.31. The van der Waals surface area contributed by atoms with Gasteiger partial charge in [0.1, 0.15) is 0 Å². The van der Waals surface area contributed by atoms with Crippen molar-refractivity contribution in [2.45, 2.75) is 26.2 Å². The van der Waals surface area contributed by atoms with E-state index in [0.717, 1.165) is 12.0 Å². The van der Waals surface area contributed by atoms with Crippen LogP contribution >= 0.6 is 12.4 Å². The Morgan fingerprint density at radius 1 is 1.33 bits per heavy atom. The second kappa shape index (κ2) is 8.95. The lowest BCUT2D eigenvalue weighted by molar-refractivity contribution is -0.122. The first-order valence-corrected chi connectivity index (χ1v) is 6.21. The Morgan fingerprint density at radius 2 is 1.94 bits per heavy atom. The summed E-state index contributed by atoms with van der Waals surface area (Å²) in [6, 6.07) is 9.90. The number of halogens is 1. The van der Waals surface area contributed by atoms with E-state index in [1.54, 1.807) is 0 Å². The molecule has 2 atom stereocenters. The molecule has 1 rings (SSSR count). The predicted molar refractivity (Wildman–Crippen MR) is 78.0 cm³/mol. The molecule has 1 aromatic rings. The summed E-state index contributed by atoms with van der Waals surface area (Å²) in [5, 5.41) is 2.96. The first kappa shape index (κ1) is 16.9. The monoisotopic (exact) mass is 270 g/mol. The molecular weight excluding hydrogens is 248 g/mol. The SMILES string of the molecule is CCC(C(=O)NCC(C)CN)c1ccccc1.Cl. The van der Waals surface area contributed by atoms with E-state index in [2.05, 4.69) is 5.32 Å². The van der Waals surface area contributed by atoms with Gasteiger partial charge in [-0.1, -0.05) is 44.2 Å². The zero-order valence-electron chi connectivity index (χ0n) is 11.1. The molecule has 0 aliphatic carbocycles. The fourth-order valence-electron chi connectivity index (χ4n) is 1.74. The van der Waals surface area contributed by atoms with Gasteiger partial charge in [0, 0.05) is 6.54 Å².